The Balaban J connectivity index is 2.62. The molecule has 0 heterocycles. The monoisotopic (exact) mass is 750 g/mol. The van der Waals surface area contributed by atoms with Crippen LogP contribution in [0, 0.1) is 17.8 Å². The summed E-state index contributed by atoms with van der Waals surface area (Å²) in [6, 6.07) is 0. The van der Waals surface area contributed by atoms with Crippen LogP contribution in [-0.2, 0) is 32.7 Å². The highest BCUT2D eigenvalue weighted by atomic mass is 31.2. The Labute approximate surface area is 305 Å². The maximum atomic E-state index is 12.6. The lowest BCUT2D eigenvalue weighted by Crippen LogP contribution is -2.29. The SMILES string of the molecule is CCCCC[C@@H](O)/C=C/[C@@H]1[C@H](C/C=C\CC(=O)OC[C@H](COP(=O)(O)OC[C@@H](O)CO)OC(=O)CCCCCCCCC(C)CC)[C@@H](O)C[C@H]1O. The van der Waals surface area contributed by atoms with E-state index in [2.05, 4.69) is 25.3 Å². The maximum absolute atomic E-state index is 12.6. The number of allylic oxidation sites excluding steroid dienone is 1. The van der Waals surface area contributed by atoms with Crippen LogP contribution in [0.2, 0.25) is 0 Å². The van der Waals surface area contributed by atoms with Crippen molar-refractivity contribution < 1.29 is 63.1 Å². The summed E-state index contributed by atoms with van der Waals surface area (Å²) >= 11 is 0. The first-order valence-corrected chi connectivity index (χ1v) is 20.4. The first-order valence-electron chi connectivity index (χ1n) is 18.9. The number of hydrogen-bond acceptors (Lipinski definition) is 12. The molecular weight excluding hydrogens is 683 g/mol. The minimum absolute atomic E-state index is 0.117. The van der Waals surface area contributed by atoms with Gasteiger partial charge in [0, 0.05) is 18.8 Å². The van der Waals surface area contributed by atoms with Crippen LogP contribution in [0.1, 0.15) is 124 Å². The fraction of sp³-hybridized carbons (Fsp3) is 0.838. The van der Waals surface area contributed by atoms with Gasteiger partial charge in [0.2, 0.25) is 0 Å². The molecule has 1 saturated carbocycles. The van der Waals surface area contributed by atoms with Crippen molar-refractivity contribution in [2.24, 2.45) is 17.8 Å². The number of carbonyl (C=O) groups excluding carboxylic acids is 2. The van der Waals surface area contributed by atoms with Gasteiger partial charge in [-0.15, -0.1) is 0 Å². The molecule has 51 heavy (non-hydrogen) atoms. The third-order valence-electron chi connectivity index (χ3n) is 9.25. The van der Waals surface area contributed by atoms with E-state index in [-0.39, 0.29) is 31.1 Å². The summed E-state index contributed by atoms with van der Waals surface area (Å²) in [7, 11) is -4.69. The Morgan fingerprint density at radius 2 is 1.53 bits per heavy atom. The quantitative estimate of drug-likeness (QED) is 0.0239. The molecular formula is C37H67O13P. The van der Waals surface area contributed by atoms with Crippen LogP contribution in [0.3, 0.4) is 0 Å². The predicted molar refractivity (Wildman–Crippen MR) is 193 cm³/mol. The number of carbonyl (C=O) groups is 2. The minimum Gasteiger partial charge on any atom is -0.461 e. The third-order valence-corrected chi connectivity index (χ3v) is 10.2. The number of ether oxygens (including phenoxy) is 2. The second kappa shape index (κ2) is 27.9. The van der Waals surface area contributed by atoms with Crippen molar-refractivity contribution in [2.75, 3.05) is 26.4 Å². The lowest BCUT2D eigenvalue weighted by molar-refractivity contribution is -0.160. The molecule has 13 nitrogen and oxygen atoms in total. The van der Waals surface area contributed by atoms with E-state index in [4.69, 9.17) is 19.1 Å². The Morgan fingerprint density at radius 3 is 2.22 bits per heavy atom. The molecule has 1 aliphatic carbocycles. The van der Waals surface area contributed by atoms with E-state index in [9.17, 15) is 39.5 Å². The normalized spacial score (nSPS) is 22.9. The van der Waals surface area contributed by atoms with E-state index in [1.54, 1.807) is 24.3 Å². The molecule has 0 aromatic rings. The number of rotatable bonds is 30. The Hall–Kier alpha value is -1.67. The fourth-order valence-corrected chi connectivity index (χ4v) is 6.61. The van der Waals surface area contributed by atoms with Crippen molar-refractivity contribution >= 4 is 19.8 Å². The molecule has 0 bridgehead atoms. The molecule has 0 spiro atoms. The van der Waals surface area contributed by atoms with Gasteiger partial charge in [0.15, 0.2) is 6.10 Å². The van der Waals surface area contributed by atoms with E-state index in [1.165, 1.54) is 19.3 Å². The van der Waals surface area contributed by atoms with Gasteiger partial charge in [-0.2, -0.15) is 0 Å². The predicted octanol–water partition coefficient (Wildman–Crippen LogP) is 5.29. The standard InChI is InChI=1S/C37H67O13P/c1-4-6-11-17-29(39)21-22-33-32(34(41)23-35(33)42)18-14-15-19-36(43)47-26-31(27-49-51(45,46)48-25-30(40)24-38)50-37(44)20-13-10-8-7-9-12-16-28(3)5-2/h14-15,21-22,28-35,38-42H,4-13,16-20,23-27H2,1-3H3,(H,45,46)/b15-14-,22-21+/t28?,29-,30+,31-,32+,33-,34+,35-/m1/s1. The summed E-state index contributed by atoms with van der Waals surface area (Å²) in [6.07, 6.45) is 14.5. The molecule has 6 N–H and O–H groups in total. The molecule has 0 saturated heterocycles. The average molecular weight is 751 g/mol. The van der Waals surface area contributed by atoms with Crippen LogP contribution >= 0.6 is 7.82 Å². The molecule has 0 amide bonds. The number of hydrogen-bond donors (Lipinski definition) is 6. The summed E-state index contributed by atoms with van der Waals surface area (Å²) in [6.45, 7) is 4.11. The average Bonchev–Trinajstić information content (AvgIpc) is 3.37. The summed E-state index contributed by atoms with van der Waals surface area (Å²) in [5.41, 5.74) is 0. The van der Waals surface area contributed by atoms with Gasteiger partial charge < -0.3 is 39.9 Å². The molecule has 298 valence electrons. The van der Waals surface area contributed by atoms with Crippen LogP contribution in [0.5, 0.6) is 0 Å². The molecule has 1 aliphatic rings. The largest absolute Gasteiger partial charge is 0.472 e. The minimum atomic E-state index is -4.69. The molecule has 1 rings (SSSR count). The maximum Gasteiger partial charge on any atom is 0.472 e. The molecule has 14 heteroatoms. The first-order chi connectivity index (χ1) is 24.3. The lowest BCUT2D eigenvalue weighted by Gasteiger charge is -2.20. The van der Waals surface area contributed by atoms with Gasteiger partial charge in [-0.05, 0) is 31.1 Å². The number of aliphatic hydroxyl groups excluding tert-OH is 5. The Morgan fingerprint density at radius 1 is 0.863 bits per heavy atom. The van der Waals surface area contributed by atoms with Gasteiger partial charge in [0.1, 0.15) is 12.7 Å². The van der Waals surface area contributed by atoms with Crippen LogP contribution in [0.25, 0.3) is 0 Å². The number of phosphoric acid groups is 1. The smallest absolute Gasteiger partial charge is 0.461 e. The zero-order valence-electron chi connectivity index (χ0n) is 31.1. The lowest BCUT2D eigenvalue weighted by atomic mass is 9.89. The van der Waals surface area contributed by atoms with Crippen molar-refractivity contribution in [3.63, 3.8) is 0 Å². The van der Waals surface area contributed by atoms with Gasteiger partial charge in [0.05, 0.1) is 44.6 Å². The highest BCUT2D eigenvalue weighted by Gasteiger charge is 2.39. The second-order valence-electron chi connectivity index (χ2n) is 13.8. The first kappa shape index (κ1) is 47.4. The number of esters is 2. The summed E-state index contributed by atoms with van der Waals surface area (Å²) in [5, 5.41) is 49.5. The molecule has 1 fully saturated rings. The van der Waals surface area contributed by atoms with Gasteiger partial charge in [-0.25, -0.2) is 4.57 Å². The van der Waals surface area contributed by atoms with E-state index in [1.807, 2.05) is 0 Å². The van der Waals surface area contributed by atoms with E-state index in [0.29, 0.717) is 19.3 Å². The Bertz CT molecular complexity index is 1040. The fourth-order valence-electron chi connectivity index (χ4n) is 5.82. The van der Waals surface area contributed by atoms with E-state index in [0.717, 1.165) is 50.9 Å². The summed E-state index contributed by atoms with van der Waals surface area (Å²) < 4.78 is 32.5. The van der Waals surface area contributed by atoms with Crippen LogP contribution < -0.4 is 0 Å². The zero-order valence-corrected chi connectivity index (χ0v) is 32.0. The number of unbranched alkanes of at least 4 members (excludes halogenated alkanes) is 7. The van der Waals surface area contributed by atoms with Crippen molar-refractivity contribution in [3.8, 4) is 0 Å². The highest BCUT2D eigenvalue weighted by molar-refractivity contribution is 7.47. The zero-order chi connectivity index (χ0) is 38.1. The van der Waals surface area contributed by atoms with Crippen LogP contribution in [-0.4, -0.2) is 99.3 Å². The van der Waals surface area contributed by atoms with Gasteiger partial charge in [-0.1, -0.05) is 109 Å². The van der Waals surface area contributed by atoms with Gasteiger partial charge >= 0.3 is 19.8 Å². The number of phosphoric ester groups is 1. The topological polar surface area (TPSA) is 210 Å². The molecule has 0 radical (unpaired) electrons. The van der Waals surface area contributed by atoms with Crippen molar-refractivity contribution in [1.29, 1.82) is 0 Å². The molecule has 0 aromatic heterocycles. The third kappa shape index (κ3) is 22.9. The summed E-state index contributed by atoms with van der Waals surface area (Å²) in [5.74, 6) is -1.13. The molecule has 2 unspecified atom stereocenters. The van der Waals surface area contributed by atoms with Gasteiger partial charge in [0.25, 0.3) is 0 Å². The second-order valence-corrected chi connectivity index (χ2v) is 15.3. The van der Waals surface area contributed by atoms with Crippen molar-refractivity contribution in [1.82, 2.24) is 0 Å². The number of aliphatic hydroxyl groups is 5. The van der Waals surface area contributed by atoms with E-state index >= 15 is 0 Å². The highest BCUT2D eigenvalue weighted by Crippen LogP contribution is 2.43. The van der Waals surface area contributed by atoms with Crippen molar-refractivity contribution in [3.05, 3.63) is 24.3 Å². The van der Waals surface area contributed by atoms with Gasteiger partial charge in [-0.3, -0.25) is 18.6 Å². The van der Waals surface area contributed by atoms with Crippen molar-refractivity contribution in [2.45, 2.75) is 154 Å². The van der Waals surface area contributed by atoms with E-state index < -0.39 is 76.7 Å². The molecule has 9 atom stereocenters. The summed E-state index contributed by atoms with van der Waals surface area (Å²) in [4.78, 5) is 35.0. The van der Waals surface area contributed by atoms with Crippen LogP contribution in [0.4, 0.5) is 0 Å². The van der Waals surface area contributed by atoms with Crippen LogP contribution in [0.15, 0.2) is 24.3 Å². The molecule has 0 aliphatic heterocycles. The Kier molecular flexibility index (Phi) is 25.9. The molecule has 0 aromatic carbocycles.